The smallest absolute Gasteiger partial charge is 0.405 e. The molecule has 2 aromatic carbocycles. The van der Waals surface area contributed by atoms with Crippen LogP contribution in [0.5, 0.6) is 0 Å². The predicted molar refractivity (Wildman–Crippen MR) is 97.4 cm³/mol. The highest BCUT2D eigenvalue weighted by Crippen LogP contribution is 2.23. The van der Waals surface area contributed by atoms with Crippen LogP contribution >= 0.6 is 0 Å². The molecule has 0 saturated heterocycles. The molecule has 1 amide bonds. The van der Waals surface area contributed by atoms with Crippen molar-refractivity contribution in [3.63, 3.8) is 0 Å². The van der Waals surface area contributed by atoms with Crippen molar-refractivity contribution in [1.29, 1.82) is 0 Å². The molecule has 0 bridgehead atoms. The van der Waals surface area contributed by atoms with Crippen LogP contribution in [-0.2, 0) is 13.0 Å². The van der Waals surface area contributed by atoms with Crippen molar-refractivity contribution in [1.82, 2.24) is 15.1 Å². The fourth-order valence-electron chi connectivity index (χ4n) is 2.78. The van der Waals surface area contributed by atoms with E-state index in [1.165, 1.54) is 5.56 Å². The van der Waals surface area contributed by atoms with Crippen LogP contribution in [0.4, 0.5) is 4.79 Å². The molecule has 1 heterocycles. The lowest BCUT2D eigenvalue weighted by Crippen LogP contribution is -2.24. The second-order valence-corrected chi connectivity index (χ2v) is 6.02. The van der Waals surface area contributed by atoms with E-state index in [2.05, 4.69) is 22.5 Å². The number of carbonyl (C=O) groups is 1. The first-order chi connectivity index (χ1) is 12.1. The van der Waals surface area contributed by atoms with Gasteiger partial charge in [0.25, 0.3) is 0 Å². The maximum Gasteiger partial charge on any atom is 0.405 e. The number of nitrogens with zero attached hydrogens (tertiary/aromatic N) is 2. The van der Waals surface area contributed by atoms with E-state index in [-0.39, 0.29) is 6.04 Å². The van der Waals surface area contributed by atoms with E-state index in [0.717, 1.165) is 29.7 Å². The van der Waals surface area contributed by atoms with Crippen molar-refractivity contribution in [2.75, 3.05) is 0 Å². The Morgan fingerprint density at radius 1 is 1.16 bits per heavy atom. The van der Waals surface area contributed by atoms with Gasteiger partial charge in [-0.1, -0.05) is 48.5 Å². The van der Waals surface area contributed by atoms with Gasteiger partial charge in [0, 0.05) is 18.3 Å². The maximum atomic E-state index is 10.8. The van der Waals surface area contributed by atoms with Gasteiger partial charge in [0.1, 0.15) is 0 Å². The zero-order valence-electron chi connectivity index (χ0n) is 14.1. The average molecular weight is 335 g/mol. The van der Waals surface area contributed by atoms with Gasteiger partial charge >= 0.3 is 6.09 Å². The molecule has 1 aromatic heterocycles. The molecular weight excluding hydrogens is 314 g/mol. The maximum absolute atomic E-state index is 10.8. The Bertz CT molecular complexity index is 843. The van der Waals surface area contributed by atoms with Gasteiger partial charge in [-0.25, -0.2) is 4.79 Å². The van der Waals surface area contributed by atoms with E-state index in [9.17, 15) is 4.79 Å². The number of amides is 1. The fraction of sp³-hybridized carbons (Fsp3) is 0.200. The van der Waals surface area contributed by atoms with Crippen molar-refractivity contribution in [2.24, 2.45) is 0 Å². The van der Waals surface area contributed by atoms with Gasteiger partial charge in [0.05, 0.1) is 12.2 Å². The molecule has 128 valence electrons. The van der Waals surface area contributed by atoms with Crippen molar-refractivity contribution >= 4 is 6.09 Å². The zero-order valence-corrected chi connectivity index (χ0v) is 14.1. The summed E-state index contributed by atoms with van der Waals surface area (Å²) in [7, 11) is 0. The third kappa shape index (κ3) is 4.47. The van der Waals surface area contributed by atoms with Crippen LogP contribution < -0.4 is 5.32 Å². The van der Waals surface area contributed by atoms with Crippen LogP contribution in [0.15, 0.2) is 67.0 Å². The van der Waals surface area contributed by atoms with Gasteiger partial charge in [0.2, 0.25) is 0 Å². The van der Waals surface area contributed by atoms with E-state index in [1.54, 1.807) is 0 Å². The normalized spacial score (nSPS) is 11.9. The summed E-state index contributed by atoms with van der Waals surface area (Å²) in [6, 6.07) is 17.9. The molecule has 1 atom stereocenters. The summed E-state index contributed by atoms with van der Waals surface area (Å²) in [5.41, 5.74) is 4.27. The number of hydrogen-bond donors (Lipinski definition) is 2. The molecule has 3 rings (SSSR count). The lowest BCUT2D eigenvalue weighted by Gasteiger charge is -2.12. The standard InChI is InChI=1S/C20H21N3O2/c1-15(22-20(24)25)17-8-5-9-18(12-17)19-13-21-23(14-19)11-10-16-6-3-2-4-7-16/h2-9,12-15,22H,10-11H2,1H3,(H,24,25). The van der Waals surface area contributed by atoms with Gasteiger partial charge in [-0.05, 0) is 36.1 Å². The Morgan fingerprint density at radius 3 is 2.72 bits per heavy atom. The second-order valence-electron chi connectivity index (χ2n) is 6.02. The SMILES string of the molecule is CC(NC(=O)O)c1cccc(-c2cnn(CCc3ccccc3)c2)c1. The highest BCUT2D eigenvalue weighted by molar-refractivity contribution is 5.66. The minimum atomic E-state index is -1.02. The molecule has 25 heavy (non-hydrogen) atoms. The van der Waals surface area contributed by atoms with E-state index >= 15 is 0 Å². The molecule has 2 N–H and O–H groups in total. The van der Waals surface area contributed by atoms with Crippen LogP contribution in [0.1, 0.15) is 24.1 Å². The van der Waals surface area contributed by atoms with Crippen LogP contribution in [0.25, 0.3) is 11.1 Å². The summed E-state index contributed by atoms with van der Waals surface area (Å²) in [4.78, 5) is 10.8. The van der Waals surface area contributed by atoms with Crippen molar-refractivity contribution in [3.05, 3.63) is 78.1 Å². The van der Waals surface area contributed by atoms with Gasteiger partial charge in [-0.15, -0.1) is 0 Å². The number of rotatable bonds is 6. The molecule has 0 aliphatic rings. The van der Waals surface area contributed by atoms with Crippen molar-refractivity contribution in [2.45, 2.75) is 25.9 Å². The molecule has 0 aliphatic heterocycles. The number of carboxylic acid groups (broad SMARTS) is 1. The van der Waals surface area contributed by atoms with E-state index < -0.39 is 6.09 Å². The fourth-order valence-corrected chi connectivity index (χ4v) is 2.78. The minimum absolute atomic E-state index is 0.259. The molecule has 5 heteroatoms. The van der Waals surface area contributed by atoms with E-state index in [4.69, 9.17) is 5.11 Å². The third-order valence-electron chi connectivity index (χ3n) is 4.17. The number of aromatic nitrogens is 2. The molecular formula is C20H21N3O2. The van der Waals surface area contributed by atoms with Crippen molar-refractivity contribution < 1.29 is 9.90 Å². The highest BCUT2D eigenvalue weighted by atomic mass is 16.4. The van der Waals surface area contributed by atoms with E-state index in [1.807, 2.05) is 66.5 Å². The molecule has 0 fully saturated rings. The van der Waals surface area contributed by atoms with Gasteiger partial charge in [0.15, 0.2) is 0 Å². The van der Waals surface area contributed by atoms with Crippen LogP contribution in [0, 0.1) is 0 Å². The van der Waals surface area contributed by atoms with Crippen LogP contribution in [-0.4, -0.2) is 21.0 Å². The number of hydrogen-bond acceptors (Lipinski definition) is 2. The lowest BCUT2D eigenvalue weighted by molar-refractivity contribution is 0.191. The Labute approximate surface area is 146 Å². The molecule has 3 aromatic rings. The summed E-state index contributed by atoms with van der Waals surface area (Å²) in [6.07, 6.45) is 3.78. The molecule has 0 aliphatic carbocycles. The zero-order chi connectivity index (χ0) is 17.6. The Hall–Kier alpha value is -3.08. The van der Waals surface area contributed by atoms with Gasteiger partial charge in [-0.3, -0.25) is 4.68 Å². The van der Waals surface area contributed by atoms with Crippen LogP contribution in [0.3, 0.4) is 0 Å². The largest absolute Gasteiger partial charge is 0.465 e. The predicted octanol–water partition coefficient (Wildman–Crippen LogP) is 4.12. The molecule has 0 spiro atoms. The topological polar surface area (TPSA) is 67.2 Å². The summed E-state index contributed by atoms with van der Waals surface area (Å²) >= 11 is 0. The Balaban J connectivity index is 1.70. The summed E-state index contributed by atoms with van der Waals surface area (Å²) in [5, 5.41) is 15.8. The Morgan fingerprint density at radius 2 is 1.96 bits per heavy atom. The molecule has 0 saturated carbocycles. The molecule has 5 nitrogen and oxygen atoms in total. The second kappa shape index (κ2) is 7.66. The summed E-state index contributed by atoms with van der Waals surface area (Å²) < 4.78 is 1.94. The third-order valence-corrected chi connectivity index (χ3v) is 4.17. The molecule has 0 radical (unpaired) electrons. The highest BCUT2D eigenvalue weighted by Gasteiger charge is 2.10. The first-order valence-electron chi connectivity index (χ1n) is 8.28. The van der Waals surface area contributed by atoms with Crippen LogP contribution in [0.2, 0.25) is 0 Å². The number of aryl methyl sites for hydroxylation is 2. The summed E-state index contributed by atoms with van der Waals surface area (Å²) in [6.45, 7) is 2.65. The first kappa shape index (κ1) is 16.8. The minimum Gasteiger partial charge on any atom is -0.465 e. The monoisotopic (exact) mass is 335 g/mol. The summed E-state index contributed by atoms with van der Waals surface area (Å²) in [5.74, 6) is 0. The van der Waals surface area contributed by atoms with Gasteiger partial charge < -0.3 is 10.4 Å². The lowest BCUT2D eigenvalue weighted by atomic mass is 10.0. The Kier molecular flexibility index (Phi) is 5.14. The number of benzene rings is 2. The first-order valence-corrected chi connectivity index (χ1v) is 8.28. The van der Waals surface area contributed by atoms with Gasteiger partial charge in [-0.2, -0.15) is 5.10 Å². The molecule has 1 unspecified atom stereocenters. The quantitative estimate of drug-likeness (QED) is 0.712. The van der Waals surface area contributed by atoms with E-state index in [0.29, 0.717) is 0 Å². The average Bonchev–Trinajstić information content (AvgIpc) is 3.09. The van der Waals surface area contributed by atoms with Crippen molar-refractivity contribution in [3.8, 4) is 11.1 Å². The number of nitrogens with one attached hydrogen (secondary N) is 1.